The molecule has 1 aliphatic rings. The van der Waals surface area contributed by atoms with E-state index in [9.17, 15) is 18.0 Å². The Morgan fingerprint density at radius 3 is 2.38 bits per heavy atom. The minimum atomic E-state index is -4.58. The molecule has 0 aliphatic heterocycles. The lowest BCUT2D eigenvalue weighted by atomic mass is 9.94. The zero-order chi connectivity index (χ0) is 24.0. The lowest BCUT2D eigenvalue weighted by Crippen LogP contribution is -2.11. The molecular weight excluding hydrogens is 445 g/mol. The summed E-state index contributed by atoms with van der Waals surface area (Å²) in [4.78, 5) is 12.6. The number of esters is 1. The minimum absolute atomic E-state index is 0.148. The van der Waals surface area contributed by atoms with Crippen LogP contribution in [0, 0.1) is 0 Å². The maximum Gasteiger partial charge on any atom is 0.435 e. The van der Waals surface area contributed by atoms with Crippen molar-refractivity contribution in [1.29, 1.82) is 0 Å². The van der Waals surface area contributed by atoms with Gasteiger partial charge in [-0.05, 0) is 60.4 Å². The summed E-state index contributed by atoms with van der Waals surface area (Å²) >= 11 is 0. The fourth-order valence-electron chi connectivity index (χ4n) is 4.19. The first kappa shape index (κ1) is 22.0. The molecular formula is C26H21F3N2O3. The fourth-order valence-corrected chi connectivity index (χ4v) is 4.19. The standard InChI is InChI=1S/C26H21F3N2O3/c1-15(2)16-5-9-19(10-6-16)34-25(32)17-3-7-18(8-4-17)31-23-20-13-14-33-22(20)12-11-21(23)24(30-31)26(27,28)29/h3-10,13-15H,11-12H2,1-2H3. The summed E-state index contributed by atoms with van der Waals surface area (Å²) in [5.74, 6) is 0.855. The third kappa shape index (κ3) is 3.89. The number of aryl methyl sites for hydroxylation is 1. The molecule has 2 aromatic heterocycles. The quantitative estimate of drug-likeness (QED) is 0.251. The monoisotopic (exact) mass is 466 g/mol. The molecule has 0 atom stereocenters. The number of hydrogen-bond donors (Lipinski definition) is 0. The van der Waals surface area contributed by atoms with E-state index in [1.54, 1.807) is 30.3 Å². The van der Waals surface area contributed by atoms with Gasteiger partial charge in [-0.1, -0.05) is 26.0 Å². The lowest BCUT2D eigenvalue weighted by molar-refractivity contribution is -0.142. The number of halogens is 3. The van der Waals surface area contributed by atoms with Crippen LogP contribution in [0.5, 0.6) is 5.75 Å². The van der Waals surface area contributed by atoms with Gasteiger partial charge in [0, 0.05) is 17.5 Å². The number of furan rings is 1. The van der Waals surface area contributed by atoms with E-state index in [-0.39, 0.29) is 17.5 Å². The maximum atomic E-state index is 13.7. The smallest absolute Gasteiger partial charge is 0.435 e. The van der Waals surface area contributed by atoms with Crippen LogP contribution in [0.25, 0.3) is 16.9 Å². The van der Waals surface area contributed by atoms with Crippen LogP contribution in [0.4, 0.5) is 13.2 Å². The summed E-state index contributed by atoms with van der Waals surface area (Å²) in [6, 6.07) is 15.1. The van der Waals surface area contributed by atoms with Gasteiger partial charge in [0.05, 0.1) is 23.2 Å². The highest BCUT2D eigenvalue weighted by molar-refractivity contribution is 5.91. The van der Waals surface area contributed by atoms with Crippen molar-refractivity contribution in [2.24, 2.45) is 0 Å². The summed E-state index contributed by atoms with van der Waals surface area (Å²) < 4.78 is 53.2. The van der Waals surface area contributed by atoms with Crippen molar-refractivity contribution in [3.05, 3.63) is 89.0 Å². The second-order valence-electron chi connectivity index (χ2n) is 8.50. The Hall–Kier alpha value is -3.81. The Balaban J connectivity index is 1.45. The molecule has 0 amide bonds. The Bertz CT molecular complexity index is 1350. The molecule has 0 N–H and O–H groups in total. The average molecular weight is 466 g/mol. The number of carbonyl (C=O) groups is 1. The molecule has 4 aromatic rings. The van der Waals surface area contributed by atoms with Crippen molar-refractivity contribution in [2.75, 3.05) is 0 Å². The molecule has 0 radical (unpaired) electrons. The molecule has 8 heteroatoms. The summed E-state index contributed by atoms with van der Waals surface area (Å²) in [5.41, 5.74) is 2.01. The van der Waals surface area contributed by atoms with Gasteiger partial charge in [0.1, 0.15) is 11.5 Å². The van der Waals surface area contributed by atoms with Gasteiger partial charge >= 0.3 is 12.1 Å². The molecule has 5 rings (SSSR count). The predicted molar refractivity (Wildman–Crippen MR) is 119 cm³/mol. The van der Waals surface area contributed by atoms with Gasteiger partial charge in [-0.25, -0.2) is 9.48 Å². The van der Waals surface area contributed by atoms with E-state index in [0.29, 0.717) is 40.8 Å². The van der Waals surface area contributed by atoms with E-state index < -0.39 is 17.8 Å². The van der Waals surface area contributed by atoms with Crippen LogP contribution >= 0.6 is 0 Å². The predicted octanol–water partition coefficient (Wildman–Crippen LogP) is 6.59. The van der Waals surface area contributed by atoms with Crippen LogP contribution in [0.15, 0.2) is 65.3 Å². The van der Waals surface area contributed by atoms with Crippen LogP contribution in [0.2, 0.25) is 0 Å². The number of nitrogens with zero attached hydrogens (tertiary/aromatic N) is 2. The van der Waals surface area contributed by atoms with Crippen LogP contribution in [-0.4, -0.2) is 15.7 Å². The van der Waals surface area contributed by atoms with Crippen molar-refractivity contribution in [3.8, 4) is 22.7 Å². The van der Waals surface area contributed by atoms with Crippen LogP contribution in [-0.2, 0) is 19.0 Å². The zero-order valence-electron chi connectivity index (χ0n) is 18.5. The number of hydrogen-bond acceptors (Lipinski definition) is 4. The second-order valence-corrected chi connectivity index (χ2v) is 8.50. The van der Waals surface area contributed by atoms with Gasteiger partial charge in [-0.15, -0.1) is 0 Å². The number of alkyl halides is 3. The molecule has 0 fully saturated rings. The minimum Gasteiger partial charge on any atom is -0.469 e. The van der Waals surface area contributed by atoms with Crippen molar-refractivity contribution in [2.45, 2.75) is 38.8 Å². The van der Waals surface area contributed by atoms with Gasteiger partial charge in [0.25, 0.3) is 0 Å². The van der Waals surface area contributed by atoms with Crippen molar-refractivity contribution >= 4 is 5.97 Å². The Labute approximate surface area is 193 Å². The first-order valence-corrected chi connectivity index (χ1v) is 10.9. The van der Waals surface area contributed by atoms with E-state index in [0.717, 1.165) is 5.56 Å². The second kappa shape index (κ2) is 8.20. The van der Waals surface area contributed by atoms with Crippen LogP contribution in [0.3, 0.4) is 0 Å². The number of carbonyl (C=O) groups excluding carboxylic acids is 1. The molecule has 0 saturated carbocycles. The normalized spacial score (nSPS) is 13.0. The average Bonchev–Trinajstić information content (AvgIpc) is 3.44. The van der Waals surface area contributed by atoms with E-state index in [1.165, 1.54) is 23.1 Å². The highest BCUT2D eigenvalue weighted by Gasteiger charge is 2.41. The molecule has 0 unspecified atom stereocenters. The number of rotatable bonds is 4. The third-order valence-electron chi connectivity index (χ3n) is 5.96. The van der Waals surface area contributed by atoms with Crippen molar-refractivity contribution < 1.29 is 27.1 Å². The SMILES string of the molecule is CC(C)c1ccc(OC(=O)c2ccc(-n3nc(C(F)(F)F)c4c3-c3ccoc3CC4)cc2)cc1. The number of ether oxygens (including phenoxy) is 1. The molecule has 1 aliphatic carbocycles. The summed E-state index contributed by atoms with van der Waals surface area (Å²) in [5, 5.41) is 3.91. The van der Waals surface area contributed by atoms with Crippen LogP contribution in [0.1, 0.15) is 52.7 Å². The molecule has 2 heterocycles. The number of fused-ring (bicyclic) bond motifs is 3. The first-order valence-electron chi connectivity index (χ1n) is 10.9. The Kier molecular flexibility index (Phi) is 5.31. The van der Waals surface area contributed by atoms with Crippen LogP contribution < -0.4 is 4.74 Å². The Morgan fingerprint density at radius 1 is 1.03 bits per heavy atom. The van der Waals surface area contributed by atoms with E-state index >= 15 is 0 Å². The topological polar surface area (TPSA) is 57.3 Å². The summed E-state index contributed by atoms with van der Waals surface area (Å²) in [7, 11) is 0. The molecule has 5 nitrogen and oxygen atoms in total. The van der Waals surface area contributed by atoms with Gasteiger partial charge < -0.3 is 9.15 Å². The van der Waals surface area contributed by atoms with E-state index in [2.05, 4.69) is 18.9 Å². The molecule has 34 heavy (non-hydrogen) atoms. The largest absolute Gasteiger partial charge is 0.469 e. The zero-order valence-corrected chi connectivity index (χ0v) is 18.5. The number of aromatic nitrogens is 2. The molecule has 0 spiro atoms. The van der Waals surface area contributed by atoms with Gasteiger partial charge in [-0.2, -0.15) is 18.3 Å². The molecule has 0 bridgehead atoms. The summed E-state index contributed by atoms with van der Waals surface area (Å²) in [6.07, 6.45) is -2.54. The Morgan fingerprint density at radius 2 is 1.74 bits per heavy atom. The van der Waals surface area contributed by atoms with Gasteiger partial charge in [-0.3, -0.25) is 0 Å². The molecule has 0 saturated heterocycles. The highest BCUT2D eigenvalue weighted by atomic mass is 19.4. The summed E-state index contributed by atoms with van der Waals surface area (Å²) in [6.45, 7) is 4.15. The molecule has 174 valence electrons. The van der Waals surface area contributed by atoms with Crippen molar-refractivity contribution in [1.82, 2.24) is 9.78 Å². The van der Waals surface area contributed by atoms with E-state index in [1.807, 2.05) is 12.1 Å². The third-order valence-corrected chi connectivity index (χ3v) is 5.96. The van der Waals surface area contributed by atoms with E-state index in [4.69, 9.17) is 9.15 Å². The lowest BCUT2D eigenvalue weighted by Gasteiger charge is -2.15. The fraction of sp³-hybridized carbons (Fsp3) is 0.231. The van der Waals surface area contributed by atoms with Gasteiger partial charge in [0.2, 0.25) is 0 Å². The highest BCUT2D eigenvalue weighted by Crippen LogP contribution is 2.42. The maximum absolute atomic E-state index is 13.7. The number of benzene rings is 2. The van der Waals surface area contributed by atoms with Gasteiger partial charge in [0.15, 0.2) is 5.69 Å². The first-order chi connectivity index (χ1) is 16.2. The van der Waals surface area contributed by atoms with Crippen molar-refractivity contribution in [3.63, 3.8) is 0 Å². The molecule has 2 aromatic carbocycles.